The Balaban J connectivity index is 3.11. The molecule has 0 saturated heterocycles. The average Bonchev–Trinajstić information content (AvgIpc) is 1.37. The third-order valence-electron chi connectivity index (χ3n) is 0.0408. The summed E-state index contributed by atoms with van der Waals surface area (Å²) in [6, 6.07) is 0. The summed E-state index contributed by atoms with van der Waals surface area (Å²) in [6.45, 7) is 0. The number of rotatable bonds is 0. The zero-order valence-electron chi connectivity index (χ0n) is 1.80. The first-order valence-corrected chi connectivity index (χ1v) is 1.04. The standard InChI is InChI=1S/CHNOS/c3-2-1-4/h3H. The molecule has 0 aromatic rings. The van der Waals surface area contributed by atoms with Gasteiger partial charge in [-0.15, -0.1) is 0 Å². The summed E-state index contributed by atoms with van der Waals surface area (Å²) < 4.78 is 0. The molecule has 0 atom stereocenters. The van der Waals surface area contributed by atoms with Gasteiger partial charge in [-0.2, -0.15) is 0 Å². The van der Waals surface area contributed by atoms with Crippen molar-refractivity contribution in [1.29, 1.82) is 0 Å². The van der Waals surface area contributed by atoms with Gasteiger partial charge in [0.05, 0.1) is 0 Å². The van der Waals surface area contributed by atoms with Gasteiger partial charge in [0.2, 0.25) is 0 Å². The van der Waals surface area contributed by atoms with Gasteiger partial charge in [0.25, 0.3) is 0 Å². The predicted molar refractivity (Wildman–Crippen MR) is 16.8 cm³/mol. The Kier molecular flexibility index (Phi) is 2.34. The highest BCUT2D eigenvalue weighted by Crippen LogP contribution is 1.35. The van der Waals surface area contributed by atoms with Gasteiger partial charge in [0.15, 0.2) is 0 Å². The fraction of sp³-hybridized carbons (Fsp3) is 0. The van der Waals surface area contributed by atoms with Gasteiger partial charge in [-0.1, -0.05) is 0 Å². The molecule has 2 nitrogen and oxygen atoms in total. The van der Waals surface area contributed by atoms with E-state index in [-0.39, 0.29) is 0 Å². The molecule has 3 heteroatoms. The maximum Gasteiger partial charge on any atom is 0.105 e. The Morgan fingerprint density at radius 3 is 2.25 bits per heavy atom. The molecule has 0 saturated carbocycles. The molecule has 0 aliphatic carbocycles. The van der Waals surface area contributed by atoms with Crippen LogP contribution in [0.3, 0.4) is 0 Å². The number of thiocarbonyl (C=S) groups is 1. The summed E-state index contributed by atoms with van der Waals surface area (Å²) in [5.41, 5.74) is 0. The van der Waals surface area contributed by atoms with E-state index in [2.05, 4.69) is 17.4 Å². The first kappa shape index (κ1) is 3.60. The van der Waals surface area contributed by atoms with Crippen molar-refractivity contribution in [2.45, 2.75) is 0 Å². The predicted octanol–water partition coefficient (Wildman–Crippen LogP) is 0.478. The molecule has 0 spiro atoms. The molecule has 0 heterocycles. The molecule has 1 N–H and O–H groups in total. The highest BCUT2D eigenvalue weighted by molar-refractivity contribution is 7.78. The molecule has 0 aliphatic heterocycles. The van der Waals surface area contributed by atoms with E-state index in [9.17, 15) is 0 Å². The van der Waals surface area contributed by atoms with Gasteiger partial charge in [-0.3, -0.25) is 0 Å². The van der Waals surface area contributed by atoms with Crippen molar-refractivity contribution in [2.75, 3.05) is 0 Å². The number of nitrogens with zero attached hydrogens (tertiary/aromatic N) is 1. The van der Waals surface area contributed by atoms with Crippen LogP contribution in [0.25, 0.3) is 0 Å². The Bertz CT molecular complexity index is 46.0. The zero-order chi connectivity index (χ0) is 3.41. The Morgan fingerprint density at radius 1 is 2.00 bits per heavy atom. The van der Waals surface area contributed by atoms with Gasteiger partial charge in [0.1, 0.15) is 5.16 Å². The smallest absolute Gasteiger partial charge is 0.105 e. The molecule has 0 fully saturated rings. The molecular weight excluding hydrogens is 74.1 g/mol. The van der Waals surface area contributed by atoms with Crippen LogP contribution in [0.4, 0.5) is 0 Å². The molecule has 0 aromatic carbocycles. The third-order valence-corrected chi connectivity index (χ3v) is 0.122. The molecular formula is CHNOS. The molecule has 0 amide bonds. The van der Waals surface area contributed by atoms with E-state index < -0.39 is 0 Å². The van der Waals surface area contributed by atoms with Crippen LogP contribution in [-0.4, -0.2) is 10.4 Å². The molecule has 0 unspecified atom stereocenters. The Hall–Kier alpha value is -0.400. The van der Waals surface area contributed by atoms with E-state index in [1.54, 1.807) is 5.16 Å². The van der Waals surface area contributed by atoms with Crippen molar-refractivity contribution in [3.8, 4) is 0 Å². The molecule has 0 aromatic heterocycles. The summed E-state index contributed by atoms with van der Waals surface area (Å²) in [6.07, 6.45) is 0. The van der Waals surface area contributed by atoms with E-state index in [0.717, 1.165) is 0 Å². The minimum atomic E-state index is 1.69. The van der Waals surface area contributed by atoms with E-state index >= 15 is 0 Å². The molecule has 0 rings (SSSR count). The summed E-state index contributed by atoms with van der Waals surface area (Å²) in [5.74, 6) is 0. The van der Waals surface area contributed by atoms with Gasteiger partial charge >= 0.3 is 0 Å². The van der Waals surface area contributed by atoms with Crippen LogP contribution in [0.2, 0.25) is 0 Å². The van der Waals surface area contributed by atoms with E-state index in [0.29, 0.717) is 0 Å². The Labute approximate surface area is 28.7 Å². The first-order chi connectivity index (χ1) is 1.91. The second-order valence-corrected chi connectivity index (χ2v) is 0.374. The maximum atomic E-state index is 7.28. The van der Waals surface area contributed by atoms with E-state index in [4.69, 9.17) is 5.21 Å². The number of hydrogen-bond donors (Lipinski definition) is 1. The van der Waals surface area contributed by atoms with Crippen LogP contribution in [-0.2, 0) is 0 Å². The minimum Gasteiger partial charge on any atom is -0.403 e. The van der Waals surface area contributed by atoms with Crippen LogP contribution < -0.4 is 0 Å². The van der Waals surface area contributed by atoms with Gasteiger partial charge in [-0.25, -0.2) is 0 Å². The zero-order valence-corrected chi connectivity index (χ0v) is 2.62. The normalized spacial score (nSPS) is 4.00. The van der Waals surface area contributed by atoms with Crippen molar-refractivity contribution in [3.63, 3.8) is 0 Å². The van der Waals surface area contributed by atoms with Gasteiger partial charge in [0, 0.05) is 0 Å². The SMILES string of the molecule is ON=C=S. The first-order valence-electron chi connectivity index (χ1n) is 0.628. The second kappa shape index (κ2) is 2.60. The van der Waals surface area contributed by atoms with Gasteiger partial charge in [-0.05, 0) is 17.4 Å². The molecule has 0 aliphatic rings. The molecule has 0 bridgehead atoms. The van der Waals surface area contributed by atoms with Crippen LogP contribution >= 0.6 is 12.2 Å². The van der Waals surface area contributed by atoms with E-state index in [1.807, 2.05) is 0 Å². The minimum absolute atomic E-state index is 1.69. The van der Waals surface area contributed by atoms with Crippen molar-refractivity contribution in [2.24, 2.45) is 5.16 Å². The molecule has 0 radical (unpaired) electrons. The van der Waals surface area contributed by atoms with Crippen LogP contribution in [0.5, 0.6) is 0 Å². The quantitative estimate of drug-likeness (QED) is 0.196. The number of hydrogen-bond acceptors (Lipinski definition) is 3. The third kappa shape index (κ3) is 1.60. The molecule has 22 valence electrons. The van der Waals surface area contributed by atoms with E-state index in [1.165, 1.54) is 0 Å². The topological polar surface area (TPSA) is 32.6 Å². The Morgan fingerprint density at radius 2 is 2.25 bits per heavy atom. The second-order valence-electron chi connectivity index (χ2n) is 0.191. The fourth-order valence-corrected chi connectivity index (χ4v) is 0. The van der Waals surface area contributed by atoms with Gasteiger partial charge < -0.3 is 5.21 Å². The number of isothiocyanates is 1. The van der Waals surface area contributed by atoms with Crippen LogP contribution in [0.15, 0.2) is 5.16 Å². The fourth-order valence-electron chi connectivity index (χ4n) is 0. The summed E-state index contributed by atoms with van der Waals surface area (Å²) in [5, 5.41) is 11.3. The summed E-state index contributed by atoms with van der Waals surface area (Å²) in [7, 11) is 0. The lowest BCUT2D eigenvalue weighted by atomic mass is 11.7. The highest BCUT2D eigenvalue weighted by atomic mass is 32.1. The molecule has 4 heavy (non-hydrogen) atoms. The van der Waals surface area contributed by atoms with Crippen molar-refractivity contribution in [1.82, 2.24) is 0 Å². The summed E-state index contributed by atoms with van der Waals surface area (Å²) >= 11 is 3.89. The maximum absolute atomic E-state index is 7.28. The average molecular weight is 75.1 g/mol. The van der Waals surface area contributed by atoms with Crippen LogP contribution in [0.1, 0.15) is 0 Å². The lowest BCUT2D eigenvalue weighted by Crippen LogP contribution is -1.36. The van der Waals surface area contributed by atoms with Crippen molar-refractivity contribution in [3.05, 3.63) is 0 Å². The summed E-state index contributed by atoms with van der Waals surface area (Å²) in [4.78, 5) is 0. The lowest BCUT2D eigenvalue weighted by Gasteiger charge is -1.43. The van der Waals surface area contributed by atoms with Crippen molar-refractivity contribution < 1.29 is 5.21 Å². The van der Waals surface area contributed by atoms with Crippen molar-refractivity contribution >= 4 is 17.4 Å². The van der Waals surface area contributed by atoms with Crippen LogP contribution in [0, 0.1) is 0 Å². The lowest BCUT2D eigenvalue weighted by molar-refractivity contribution is 0.323. The monoisotopic (exact) mass is 75.0 g/mol. The largest absolute Gasteiger partial charge is 0.403 e. The highest BCUT2D eigenvalue weighted by Gasteiger charge is 1.25.